The summed E-state index contributed by atoms with van der Waals surface area (Å²) >= 11 is 7.54. The molecule has 0 aliphatic rings. The Labute approximate surface area is 146 Å². The highest BCUT2D eigenvalue weighted by molar-refractivity contribution is 7.13. The van der Waals surface area contributed by atoms with Crippen molar-refractivity contribution in [1.29, 1.82) is 0 Å². The Bertz CT molecular complexity index is 697. The monoisotopic (exact) mass is 351 g/mol. The van der Waals surface area contributed by atoms with E-state index in [0.717, 1.165) is 35.7 Å². The summed E-state index contributed by atoms with van der Waals surface area (Å²) in [6.07, 6.45) is 3.14. The Morgan fingerprint density at radius 1 is 1.39 bits per heavy atom. The van der Waals surface area contributed by atoms with Gasteiger partial charge in [0.05, 0.1) is 22.1 Å². The van der Waals surface area contributed by atoms with E-state index >= 15 is 0 Å². The van der Waals surface area contributed by atoms with Gasteiger partial charge in [0.1, 0.15) is 4.88 Å². The molecule has 124 valence electrons. The van der Waals surface area contributed by atoms with Crippen molar-refractivity contribution in [2.24, 2.45) is 0 Å². The normalized spacial score (nSPS) is 10.7. The van der Waals surface area contributed by atoms with Gasteiger partial charge < -0.3 is 10.2 Å². The van der Waals surface area contributed by atoms with E-state index in [1.54, 1.807) is 6.07 Å². The summed E-state index contributed by atoms with van der Waals surface area (Å²) < 4.78 is 0. The van der Waals surface area contributed by atoms with Crippen LogP contribution in [-0.4, -0.2) is 25.0 Å². The van der Waals surface area contributed by atoms with E-state index in [1.807, 2.05) is 38.1 Å². The summed E-state index contributed by atoms with van der Waals surface area (Å²) in [5, 5.41) is 4.58. The Balaban J connectivity index is 2.22. The number of unbranched alkanes of at least 4 members (excludes halogenated alkanes) is 1. The van der Waals surface area contributed by atoms with Gasteiger partial charge in [0, 0.05) is 19.1 Å². The standard InChI is InChI=1S/C17H22ClN3OS/c1-5-6-7-15-19-11(2)16(23-15)17(22)20-13-10-12(18)8-9-14(13)21(3)4/h8-10H,5-7H2,1-4H3,(H,20,22). The highest BCUT2D eigenvalue weighted by Gasteiger charge is 2.17. The maximum absolute atomic E-state index is 12.6. The highest BCUT2D eigenvalue weighted by Crippen LogP contribution is 2.29. The lowest BCUT2D eigenvalue weighted by Crippen LogP contribution is -2.16. The van der Waals surface area contributed by atoms with Crippen LogP contribution in [0, 0.1) is 6.92 Å². The summed E-state index contributed by atoms with van der Waals surface area (Å²) in [6, 6.07) is 5.47. The molecule has 0 fully saturated rings. The third kappa shape index (κ3) is 4.45. The highest BCUT2D eigenvalue weighted by atomic mass is 35.5. The van der Waals surface area contributed by atoms with Gasteiger partial charge in [-0.2, -0.15) is 0 Å². The second-order valence-electron chi connectivity index (χ2n) is 5.64. The number of benzene rings is 1. The number of thiazole rings is 1. The molecule has 0 bridgehead atoms. The van der Waals surface area contributed by atoms with Crippen molar-refractivity contribution in [2.45, 2.75) is 33.1 Å². The van der Waals surface area contributed by atoms with Crippen LogP contribution in [0.15, 0.2) is 18.2 Å². The van der Waals surface area contributed by atoms with Gasteiger partial charge in [0.25, 0.3) is 5.91 Å². The van der Waals surface area contributed by atoms with Gasteiger partial charge in [-0.15, -0.1) is 11.3 Å². The van der Waals surface area contributed by atoms with E-state index in [4.69, 9.17) is 11.6 Å². The Kier molecular flexibility index (Phi) is 6.02. The summed E-state index contributed by atoms with van der Waals surface area (Å²) in [6.45, 7) is 4.03. The van der Waals surface area contributed by atoms with Crippen LogP contribution in [0.25, 0.3) is 0 Å². The molecule has 0 aliphatic carbocycles. The minimum atomic E-state index is -0.131. The molecule has 1 N–H and O–H groups in total. The first-order valence-corrected chi connectivity index (χ1v) is 8.86. The largest absolute Gasteiger partial charge is 0.376 e. The van der Waals surface area contributed by atoms with Crippen LogP contribution in [0.1, 0.15) is 40.1 Å². The quantitative estimate of drug-likeness (QED) is 0.815. The molecular formula is C17H22ClN3OS. The zero-order chi connectivity index (χ0) is 17.0. The van der Waals surface area contributed by atoms with Crippen molar-refractivity contribution in [3.63, 3.8) is 0 Å². The number of nitrogens with one attached hydrogen (secondary N) is 1. The number of carbonyl (C=O) groups is 1. The fraction of sp³-hybridized carbons (Fsp3) is 0.412. The molecule has 0 unspecified atom stereocenters. The van der Waals surface area contributed by atoms with Crippen molar-refractivity contribution in [2.75, 3.05) is 24.3 Å². The lowest BCUT2D eigenvalue weighted by Gasteiger charge is -2.18. The summed E-state index contributed by atoms with van der Waals surface area (Å²) in [4.78, 5) is 19.7. The minimum absolute atomic E-state index is 0.131. The molecule has 0 saturated carbocycles. The molecule has 1 aromatic heterocycles. The van der Waals surface area contributed by atoms with Gasteiger partial charge in [-0.3, -0.25) is 4.79 Å². The summed E-state index contributed by atoms with van der Waals surface area (Å²) in [5.41, 5.74) is 2.40. The number of hydrogen-bond donors (Lipinski definition) is 1. The predicted molar refractivity (Wildman–Crippen MR) is 99.2 cm³/mol. The van der Waals surface area contributed by atoms with E-state index in [-0.39, 0.29) is 5.91 Å². The van der Waals surface area contributed by atoms with E-state index in [2.05, 4.69) is 17.2 Å². The first-order valence-electron chi connectivity index (χ1n) is 7.67. The van der Waals surface area contributed by atoms with Gasteiger partial charge >= 0.3 is 0 Å². The topological polar surface area (TPSA) is 45.2 Å². The smallest absolute Gasteiger partial charge is 0.267 e. The van der Waals surface area contributed by atoms with Crippen LogP contribution in [-0.2, 0) is 6.42 Å². The number of aryl methyl sites for hydroxylation is 2. The molecular weight excluding hydrogens is 330 g/mol. The molecule has 4 nitrogen and oxygen atoms in total. The Hall–Kier alpha value is -1.59. The SMILES string of the molecule is CCCCc1nc(C)c(C(=O)Nc2cc(Cl)ccc2N(C)C)s1. The van der Waals surface area contributed by atoms with E-state index < -0.39 is 0 Å². The Morgan fingerprint density at radius 2 is 2.13 bits per heavy atom. The zero-order valence-corrected chi connectivity index (χ0v) is 15.5. The second kappa shape index (κ2) is 7.79. The minimum Gasteiger partial charge on any atom is -0.376 e. The number of rotatable bonds is 6. The first kappa shape index (κ1) is 17.8. The van der Waals surface area contributed by atoms with E-state index in [0.29, 0.717) is 15.6 Å². The second-order valence-corrected chi connectivity index (χ2v) is 7.16. The molecule has 0 atom stereocenters. The predicted octanol–water partition coefficient (Wildman–Crippen LogP) is 4.77. The van der Waals surface area contributed by atoms with Crippen LogP contribution in [0.4, 0.5) is 11.4 Å². The number of amides is 1. The van der Waals surface area contributed by atoms with E-state index in [9.17, 15) is 4.79 Å². The fourth-order valence-electron chi connectivity index (χ4n) is 2.28. The maximum atomic E-state index is 12.6. The van der Waals surface area contributed by atoms with Crippen LogP contribution in [0.2, 0.25) is 5.02 Å². The molecule has 0 aliphatic heterocycles. The molecule has 6 heteroatoms. The number of carbonyl (C=O) groups excluding carboxylic acids is 1. The lowest BCUT2D eigenvalue weighted by molar-refractivity contribution is 0.103. The van der Waals surface area contributed by atoms with Crippen molar-refractivity contribution in [3.05, 3.63) is 38.8 Å². The number of nitrogens with zero attached hydrogens (tertiary/aromatic N) is 2. The average molecular weight is 352 g/mol. The average Bonchev–Trinajstić information content (AvgIpc) is 2.86. The molecule has 2 aromatic rings. The van der Waals surface area contributed by atoms with Gasteiger partial charge in [-0.1, -0.05) is 24.9 Å². The molecule has 2 rings (SSSR count). The molecule has 1 amide bonds. The van der Waals surface area contributed by atoms with Crippen molar-refractivity contribution < 1.29 is 4.79 Å². The molecule has 0 spiro atoms. The third-order valence-electron chi connectivity index (χ3n) is 3.48. The zero-order valence-electron chi connectivity index (χ0n) is 13.9. The van der Waals surface area contributed by atoms with Gasteiger partial charge in [0.15, 0.2) is 0 Å². The van der Waals surface area contributed by atoms with Gasteiger partial charge in [0.2, 0.25) is 0 Å². The third-order valence-corrected chi connectivity index (χ3v) is 4.93. The summed E-state index contributed by atoms with van der Waals surface area (Å²) in [5.74, 6) is -0.131. The van der Waals surface area contributed by atoms with Gasteiger partial charge in [-0.05, 0) is 38.0 Å². The lowest BCUT2D eigenvalue weighted by atomic mass is 10.2. The Morgan fingerprint density at radius 3 is 2.78 bits per heavy atom. The van der Waals surface area contributed by atoms with Crippen molar-refractivity contribution in [1.82, 2.24) is 4.98 Å². The van der Waals surface area contributed by atoms with Crippen molar-refractivity contribution >= 4 is 40.2 Å². The van der Waals surface area contributed by atoms with Crippen LogP contribution >= 0.6 is 22.9 Å². The molecule has 0 radical (unpaired) electrons. The van der Waals surface area contributed by atoms with Crippen LogP contribution in [0.5, 0.6) is 0 Å². The van der Waals surface area contributed by atoms with E-state index in [1.165, 1.54) is 11.3 Å². The number of aromatic nitrogens is 1. The van der Waals surface area contributed by atoms with Crippen LogP contribution < -0.4 is 10.2 Å². The molecule has 1 aromatic carbocycles. The van der Waals surface area contributed by atoms with Gasteiger partial charge in [-0.25, -0.2) is 4.98 Å². The van der Waals surface area contributed by atoms with Crippen molar-refractivity contribution in [3.8, 4) is 0 Å². The molecule has 23 heavy (non-hydrogen) atoms. The molecule has 0 saturated heterocycles. The van der Waals surface area contributed by atoms with Crippen LogP contribution in [0.3, 0.4) is 0 Å². The number of hydrogen-bond acceptors (Lipinski definition) is 4. The summed E-state index contributed by atoms with van der Waals surface area (Å²) in [7, 11) is 3.86. The first-order chi connectivity index (χ1) is 10.9. The number of halogens is 1. The maximum Gasteiger partial charge on any atom is 0.267 e. The number of anilines is 2. The molecule has 1 heterocycles. The fourth-order valence-corrected chi connectivity index (χ4v) is 3.45.